The number of amides is 1. The van der Waals surface area contributed by atoms with E-state index in [1.54, 1.807) is 6.20 Å². The minimum absolute atomic E-state index is 0.0341. The van der Waals surface area contributed by atoms with E-state index < -0.39 is 0 Å². The van der Waals surface area contributed by atoms with Crippen molar-refractivity contribution in [2.24, 2.45) is 0 Å². The summed E-state index contributed by atoms with van der Waals surface area (Å²) in [5.74, 6) is -0.0341. The molecule has 0 spiro atoms. The second-order valence-corrected chi connectivity index (χ2v) is 7.44. The number of rotatable bonds is 5. The van der Waals surface area contributed by atoms with E-state index in [0.29, 0.717) is 12.2 Å². The van der Waals surface area contributed by atoms with Crippen LogP contribution < -0.4 is 4.90 Å². The average Bonchev–Trinajstić information content (AvgIpc) is 3.16. The van der Waals surface area contributed by atoms with Gasteiger partial charge in [0.05, 0.1) is 0 Å². The lowest BCUT2D eigenvalue weighted by molar-refractivity contribution is 0.0684. The maximum atomic E-state index is 13.2. The van der Waals surface area contributed by atoms with E-state index in [-0.39, 0.29) is 11.9 Å². The van der Waals surface area contributed by atoms with Crippen LogP contribution in [-0.4, -0.2) is 28.4 Å². The molecule has 2 aromatic carbocycles. The van der Waals surface area contributed by atoms with Gasteiger partial charge >= 0.3 is 0 Å². The number of hydrogen-bond donors (Lipinski definition) is 0. The van der Waals surface area contributed by atoms with Crippen LogP contribution in [-0.2, 0) is 13.0 Å². The van der Waals surface area contributed by atoms with Gasteiger partial charge in [-0.15, -0.1) is 0 Å². The molecule has 4 rings (SSSR count). The molecule has 0 bridgehead atoms. The molecular weight excluding hydrogens is 346 g/mol. The smallest absolute Gasteiger partial charge is 0.273 e. The van der Waals surface area contributed by atoms with Crippen molar-refractivity contribution in [3.63, 3.8) is 0 Å². The topological polar surface area (TPSA) is 36.4 Å². The quantitative estimate of drug-likeness (QED) is 0.645. The van der Waals surface area contributed by atoms with Gasteiger partial charge in [-0.2, -0.15) is 0 Å². The molecule has 1 aromatic heterocycles. The molecule has 0 saturated carbocycles. The Hall–Kier alpha value is -3.14. The molecule has 0 unspecified atom stereocenters. The standard InChI is InChI=1S/C24H25N3O/c1-18(2)27(17-19-8-4-3-5-9-19)24(28)22-16-21(12-14-25-22)26-15-13-20-10-6-7-11-23(20)26/h3-12,14,16,18H,13,15,17H2,1-2H3. The summed E-state index contributed by atoms with van der Waals surface area (Å²) < 4.78 is 0. The van der Waals surface area contributed by atoms with E-state index in [0.717, 1.165) is 24.2 Å². The number of para-hydroxylation sites is 1. The van der Waals surface area contributed by atoms with Crippen LogP contribution in [0.1, 0.15) is 35.5 Å². The minimum atomic E-state index is -0.0341. The Bertz CT molecular complexity index is 968. The first-order valence-electron chi connectivity index (χ1n) is 9.80. The van der Waals surface area contributed by atoms with E-state index in [1.807, 2.05) is 61.2 Å². The van der Waals surface area contributed by atoms with Crippen LogP contribution >= 0.6 is 0 Å². The molecule has 0 N–H and O–H groups in total. The van der Waals surface area contributed by atoms with Crippen molar-refractivity contribution in [1.29, 1.82) is 0 Å². The fourth-order valence-electron chi connectivity index (χ4n) is 3.73. The molecule has 0 aliphatic carbocycles. The molecular formula is C24H25N3O. The lowest BCUT2D eigenvalue weighted by Crippen LogP contribution is -2.37. The van der Waals surface area contributed by atoms with Crippen LogP contribution in [0.5, 0.6) is 0 Å². The highest BCUT2D eigenvalue weighted by molar-refractivity contribution is 5.93. The molecule has 4 nitrogen and oxygen atoms in total. The van der Waals surface area contributed by atoms with Crippen molar-refractivity contribution >= 4 is 17.3 Å². The third kappa shape index (κ3) is 3.63. The minimum Gasteiger partial charge on any atom is -0.341 e. The molecule has 1 aliphatic heterocycles. The summed E-state index contributed by atoms with van der Waals surface area (Å²) >= 11 is 0. The second kappa shape index (κ2) is 7.85. The summed E-state index contributed by atoms with van der Waals surface area (Å²) in [5, 5.41) is 0. The third-order valence-corrected chi connectivity index (χ3v) is 5.24. The first-order chi connectivity index (χ1) is 13.6. The number of hydrogen-bond acceptors (Lipinski definition) is 3. The zero-order valence-electron chi connectivity index (χ0n) is 16.4. The van der Waals surface area contributed by atoms with Gasteiger partial charge in [0.1, 0.15) is 5.69 Å². The SMILES string of the molecule is CC(C)N(Cc1ccccc1)C(=O)c1cc(N2CCc3ccccc32)ccn1. The van der Waals surface area contributed by atoms with Crippen molar-refractivity contribution in [1.82, 2.24) is 9.88 Å². The van der Waals surface area contributed by atoms with Crippen molar-refractivity contribution in [2.45, 2.75) is 32.9 Å². The molecule has 0 radical (unpaired) electrons. The summed E-state index contributed by atoms with van der Waals surface area (Å²) in [6.07, 6.45) is 2.76. The van der Waals surface area contributed by atoms with Gasteiger partial charge in [-0.05, 0) is 49.6 Å². The number of benzene rings is 2. The van der Waals surface area contributed by atoms with Gasteiger partial charge in [-0.3, -0.25) is 9.78 Å². The van der Waals surface area contributed by atoms with Crippen LogP contribution in [0.2, 0.25) is 0 Å². The molecule has 2 heterocycles. The van der Waals surface area contributed by atoms with Gasteiger partial charge < -0.3 is 9.80 Å². The molecule has 1 aliphatic rings. The van der Waals surface area contributed by atoms with Crippen molar-refractivity contribution in [2.75, 3.05) is 11.4 Å². The lowest BCUT2D eigenvalue weighted by atomic mass is 10.1. The Labute approximate surface area is 166 Å². The fourth-order valence-corrected chi connectivity index (χ4v) is 3.73. The average molecular weight is 371 g/mol. The van der Waals surface area contributed by atoms with Crippen molar-refractivity contribution in [3.8, 4) is 0 Å². The molecule has 3 aromatic rings. The molecule has 0 fully saturated rings. The Morgan fingerprint density at radius 1 is 1.07 bits per heavy atom. The van der Waals surface area contributed by atoms with Crippen molar-refractivity contribution in [3.05, 3.63) is 89.7 Å². The number of aromatic nitrogens is 1. The van der Waals surface area contributed by atoms with E-state index in [1.165, 1.54) is 11.3 Å². The van der Waals surface area contributed by atoms with E-state index in [9.17, 15) is 4.79 Å². The van der Waals surface area contributed by atoms with Gasteiger partial charge in [-0.25, -0.2) is 0 Å². The molecule has 1 amide bonds. The van der Waals surface area contributed by atoms with Crippen LogP contribution in [0.25, 0.3) is 0 Å². The summed E-state index contributed by atoms with van der Waals surface area (Å²) in [4.78, 5) is 21.8. The van der Waals surface area contributed by atoms with Crippen LogP contribution in [0, 0.1) is 0 Å². The Morgan fingerprint density at radius 2 is 1.82 bits per heavy atom. The normalized spacial score (nSPS) is 12.9. The summed E-state index contributed by atoms with van der Waals surface area (Å²) in [7, 11) is 0. The Balaban J connectivity index is 1.60. The lowest BCUT2D eigenvalue weighted by Gasteiger charge is -2.27. The maximum absolute atomic E-state index is 13.2. The van der Waals surface area contributed by atoms with Crippen molar-refractivity contribution < 1.29 is 4.79 Å². The largest absolute Gasteiger partial charge is 0.341 e. The van der Waals surface area contributed by atoms with Gasteiger partial charge in [0.2, 0.25) is 0 Å². The third-order valence-electron chi connectivity index (χ3n) is 5.24. The summed E-state index contributed by atoms with van der Waals surface area (Å²) in [6.45, 7) is 5.59. The highest BCUT2D eigenvalue weighted by Crippen LogP contribution is 2.34. The number of pyridine rings is 1. The molecule has 0 atom stereocenters. The number of carbonyl (C=O) groups excluding carboxylic acids is 1. The monoisotopic (exact) mass is 371 g/mol. The molecule has 28 heavy (non-hydrogen) atoms. The highest BCUT2D eigenvalue weighted by Gasteiger charge is 2.24. The van der Waals surface area contributed by atoms with E-state index in [4.69, 9.17) is 0 Å². The highest BCUT2D eigenvalue weighted by atomic mass is 16.2. The number of fused-ring (bicyclic) bond motifs is 1. The summed E-state index contributed by atoms with van der Waals surface area (Å²) in [6, 6.07) is 22.5. The fraction of sp³-hybridized carbons (Fsp3) is 0.250. The van der Waals surface area contributed by atoms with Gasteiger partial charge in [0.15, 0.2) is 0 Å². The predicted molar refractivity (Wildman–Crippen MR) is 113 cm³/mol. The predicted octanol–water partition coefficient (Wildman–Crippen LogP) is 4.83. The van der Waals surface area contributed by atoms with E-state index >= 15 is 0 Å². The van der Waals surface area contributed by atoms with Crippen LogP contribution in [0.3, 0.4) is 0 Å². The van der Waals surface area contributed by atoms with Gasteiger partial charge in [0.25, 0.3) is 5.91 Å². The van der Waals surface area contributed by atoms with Gasteiger partial charge in [-0.1, -0.05) is 48.5 Å². The number of carbonyl (C=O) groups is 1. The zero-order chi connectivity index (χ0) is 19.5. The molecule has 4 heteroatoms. The first-order valence-corrected chi connectivity index (χ1v) is 9.80. The van der Waals surface area contributed by atoms with E-state index in [2.05, 4.69) is 34.1 Å². The molecule has 142 valence electrons. The molecule has 0 saturated heterocycles. The number of anilines is 2. The Kier molecular flexibility index (Phi) is 5.11. The van der Waals surface area contributed by atoms with Gasteiger partial charge in [0, 0.05) is 36.7 Å². The maximum Gasteiger partial charge on any atom is 0.273 e. The first kappa shape index (κ1) is 18.2. The Morgan fingerprint density at radius 3 is 2.61 bits per heavy atom. The zero-order valence-corrected chi connectivity index (χ0v) is 16.4. The second-order valence-electron chi connectivity index (χ2n) is 7.44. The van der Waals surface area contributed by atoms with Crippen LogP contribution in [0.15, 0.2) is 72.9 Å². The summed E-state index contributed by atoms with van der Waals surface area (Å²) in [5.41, 5.74) is 5.20. The van der Waals surface area contributed by atoms with Crippen LogP contribution in [0.4, 0.5) is 11.4 Å². The number of nitrogens with zero attached hydrogens (tertiary/aromatic N) is 3.